The molecule has 0 aromatic rings. The summed E-state index contributed by atoms with van der Waals surface area (Å²) in [7, 11) is 0. The number of alkyl halides is 3. The van der Waals surface area contributed by atoms with Crippen molar-refractivity contribution in [2.45, 2.75) is 10.7 Å². The largest absolute Gasteiger partial charge is 0.299 e. The molecule has 0 atom stereocenters. The van der Waals surface area contributed by atoms with Gasteiger partial charge in [-0.1, -0.05) is 34.8 Å². The van der Waals surface area contributed by atoms with Crippen LogP contribution in [0.4, 0.5) is 0 Å². The summed E-state index contributed by atoms with van der Waals surface area (Å²) >= 11 is 16.1. The summed E-state index contributed by atoms with van der Waals surface area (Å²) in [6, 6.07) is 0. The molecule has 0 aromatic heterocycles. The van der Waals surface area contributed by atoms with Crippen LogP contribution in [-0.4, -0.2) is 10.1 Å². The van der Waals surface area contributed by atoms with Crippen LogP contribution < -0.4 is 0 Å². The maximum absolute atomic E-state index is 9.81. The van der Waals surface area contributed by atoms with E-state index in [2.05, 4.69) is 0 Å². The van der Waals surface area contributed by atoms with E-state index >= 15 is 0 Å². The predicted octanol–water partition coefficient (Wildman–Crippen LogP) is 2.50. The zero-order valence-corrected chi connectivity index (χ0v) is 6.96. The second kappa shape index (κ2) is 3.45. The summed E-state index contributed by atoms with van der Waals surface area (Å²) in [6.07, 6.45) is 1.80. The Morgan fingerprint density at radius 2 is 1.89 bits per heavy atom. The first-order valence-corrected chi connectivity index (χ1v) is 3.31. The number of carbonyl (C=O) groups is 1. The van der Waals surface area contributed by atoms with E-state index < -0.39 is 3.79 Å². The molecule has 0 rings (SSSR count). The van der Waals surface area contributed by atoms with Crippen molar-refractivity contribution in [3.05, 3.63) is 11.6 Å². The van der Waals surface area contributed by atoms with Gasteiger partial charge in [0.2, 0.25) is 3.79 Å². The minimum absolute atomic E-state index is 0.419. The molecule has 0 heterocycles. The highest BCUT2D eigenvalue weighted by atomic mass is 35.6. The summed E-state index contributed by atoms with van der Waals surface area (Å²) in [6.45, 7) is 1.57. The summed E-state index contributed by atoms with van der Waals surface area (Å²) in [5, 5.41) is 0. The smallest absolute Gasteiger partial charge is 0.212 e. The number of allylic oxidation sites excluding steroid dienone is 2. The van der Waals surface area contributed by atoms with E-state index in [-0.39, 0.29) is 0 Å². The Morgan fingerprint density at radius 3 is 2.00 bits per heavy atom. The number of halogens is 3. The van der Waals surface area contributed by atoms with Crippen molar-refractivity contribution in [2.24, 2.45) is 0 Å². The second-order valence-corrected chi connectivity index (χ2v) is 3.76. The molecule has 0 aliphatic rings. The van der Waals surface area contributed by atoms with Gasteiger partial charge in [0.05, 0.1) is 0 Å². The topological polar surface area (TPSA) is 17.1 Å². The Labute approximate surface area is 68.6 Å². The molecule has 0 N–H and O–H groups in total. The van der Waals surface area contributed by atoms with Crippen LogP contribution in [0.25, 0.3) is 0 Å². The molecule has 0 bridgehead atoms. The lowest BCUT2D eigenvalue weighted by molar-refractivity contribution is -0.104. The average Bonchev–Trinajstić information content (AvgIpc) is 1.64. The van der Waals surface area contributed by atoms with Crippen molar-refractivity contribution in [1.82, 2.24) is 0 Å². The molecule has 0 amide bonds. The molecule has 4 heteroatoms. The molecule has 1 nitrogen and oxygen atoms in total. The maximum Gasteiger partial charge on any atom is 0.212 e. The van der Waals surface area contributed by atoms with Gasteiger partial charge in [-0.15, -0.1) is 0 Å². The number of rotatable bonds is 1. The van der Waals surface area contributed by atoms with Crippen LogP contribution in [0.5, 0.6) is 0 Å². The fourth-order valence-electron chi connectivity index (χ4n) is 0.197. The number of carbonyl (C=O) groups excluding carboxylic acids is 1. The van der Waals surface area contributed by atoms with Crippen molar-refractivity contribution in [2.75, 3.05) is 0 Å². The van der Waals surface area contributed by atoms with Crippen LogP contribution in [-0.2, 0) is 4.79 Å². The van der Waals surface area contributed by atoms with Gasteiger partial charge in [-0.3, -0.25) is 4.79 Å². The van der Waals surface area contributed by atoms with E-state index in [4.69, 9.17) is 34.8 Å². The van der Waals surface area contributed by atoms with Crippen LogP contribution in [0.1, 0.15) is 6.92 Å². The SMILES string of the molecule is C/C(=C\C=O)C(Cl)(Cl)Cl. The first-order chi connectivity index (χ1) is 3.98. The summed E-state index contributed by atoms with van der Waals surface area (Å²) in [5.74, 6) is 0. The highest BCUT2D eigenvalue weighted by molar-refractivity contribution is 6.69. The highest BCUT2D eigenvalue weighted by Crippen LogP contribution is 2.33. The van der Waals surface area contributed by atoms with Gasteiger partial charge in [0.25, 0.3) is 0 Å². The fourth-order valence-corrected chi connectivity index (χ4v) is 0.386. The van der Waals surface area contributed by atoms with E-state index in [1.807, 2.05) is 0 Å². The molecule has 0 aliphatic heterocycles. The lowest BCUT2D eigenvalue weighted by atomic mass is 10.3. The van der Waals surface area contributed by atoms with Crippen molar-refractivity contribution >= 4 is 41.1 Å². The van der Waals surface area contributed by atoms with Crippen molar-refractivity contribution in [3.63, 3.8) is 0 Å². The Kier molecular flexibility index (Phi) is 3.56. The van der Waals surface area contributed by atoms with Gasteiger partial charge in [0.1, 0.15) is 6.29 Å². The maximum atomic E-state index is 9.81. The lowest BCUT2D eigenvalue weighted by Gasteiger charge is -2.08. The Balaban J connectivity index is 4.19. The number of hydrogen-bond acceptors (Lipinski definition) is 1. The van der Waals surface area contributed by atoms with Gasteiger partial charge in [-0.2, -0.15) is 0 Å². The van der Waals surface area contributed by atoms with Crippen LogP contribution in [0.15, 0.2) is 11.6 Å². The molecule has 0 saturated heterocycles. The first-order valence-electron chi connectivity index (χ1n) is 2.17. The van der Waals surface area contributed by atoms with Gasteiger partial charge >= 0.3 is 0 Å². The predicted molar refractivity (Wildman–Crippen MR) is 40.1 cm³/mol. The number of aldehydes is 1. The number of hydrogen-bond donors (Lipinski definition) is 0. The van der Waals surface area contributed by atoms with Crippen molar-refractivity contribution in [1.29, 1.82) is 0 Å². The zero-order chi connectivity index (χ0) is 7.49. The zero-order valence-electron chi connectivity index (χ0n) is 4.70. The highest BCUT2D eigenvalue weighted by Gasteiger charge is 2.21. The van der Waals surface area contributed by atoms with Crippen molar-refractivity contribution in [3.8, 4) is 0 Å². The van der Waals surface area contributed by atoms with E-state index in [9.17, 15) is 4.79 Å². The quantitative estimate of drug-likeness (QED) is 0.350. The lowest BCUT2D eigenvalue weighted by Crippen LogP contribution is -2.03. The second-order valence-electron chi connectivity index (χ2n) is 1.48. The third-order valence-electron chi connectivity index (χ3n) is 0.765. The third kappa shape index (κ3) is 3.79. The van der Waals surface area contributed by atoms with Crippen LogP contribution >= 0.6 is 34.8 Å². The van der Waals surface area contributed by atoms with Gasteiger partial charge in [-0.05, 0) is 18.6 Å². The molecule has 0 unspecified atom stereocenters. The van der Waals surface area contributed by atoms with Crippen LogP contribution in [0.2, 0.25) is 0 Å². The van der Waals surface area contributed by atoms with Gasteiger partial charge in [0, 0.05) is 0 Å². The molecule has 0 aromatic carbocycles. The summed E-state index contributed by atoms with van der Waals surface area (Å²) < 4.78 is -1.44. The fraction of sp³-hybridized carbons (Fsp3) is 0.400. The molecule has 0 aliphatic carbocycles. The van der Waals surface area contributed by atoms with Crippen LogP contribution in [0.3, 0.4) is 0 Å². The molecular weight excluding hydrogens is 182 g/mol. The molecule has 0 fully saturated rings. The average molecular weight is 187 g/mol. The summed E-state index contributed by atoms with van der Waals surface area (Å²) in [5.41, 5.74) is 0.419. The summed E-state index contributed by atoms with van der Waals surface area (Å²) in [4.78, 5) is 9.81. The minimum atomic E-state index is -1.44. The Bertz CT molecular complexity index is 134. The molecule has 0 radical (unpaired) electrons. The Morgan fingerprint density at radius 1 is 1.44 bits per heavy atom. The van der Waals surface area contributed by atoms with E-state index in [0.717, 1.165) is 0 Å². The molecule has 9 heavy (non-hydrogen) atoms. The molecular formula is C5H5Cl3O. The normalized spacial score (nSPS) is 13.6. The molecule has 0 saturated carbocycles. The third-order valence-corrected chi connectivity index (χ3v) is 1.66. The van der Waals surface area contributed by atoms with Gasteiger partial charge < -0.3 is 0 Å². The van der Waals surface area contributed by atoms with Gasteiger partial charge in [-0.25, -0.2) is 0 Å². The molecule has 0 spiro atoms. The standard InChI is InChI=1S/C5H5Cl3O/c1-4(2-3-9)5(6,7)8/h2-3H,1H3/b4-2+. The first kappa shape index (κ1) is 9.28. The van der Waals surface area contributed by atoms with E-state index in [1.54, 1.807) is 6.92 Å². The van der Waals surface area contributed by atoms with E-state index in [1.165, 1.54) is 6.08 Å². The van der Waals surface area contributed by atoms with Crippen molar-refractivity contribution < 1.29 is 4.79 Å². The van der Waals surface area contributed by atoms with Gasteiger partial charge in [0.15, 0.2) is 0 Å². The monoisotopic (exact) mass is 186 g/mol. The minimum Gasteiger partial charge on any atom is -0.299 e. The molecule has 52 valence electrons. The van der Waals surface area contributed by atoms with E-state index in [0.29, 0.717) is 11.9 Å². The van der Waals surface area contributed by atoms with Crippen LogP contribution in [0, 0.1) is 0 Å². The Hall–Kier alpha value is 0.280.